The molecule has 8 nitrogen and oxygen atoms in total. The maximum atomic E-state index is 12.0. The third-order valence-corrected chi connectivity index (χ3v) is 15.4. The first-order valence-electron chi connectivity index (χ1n) is 33.2. The molecule has 0 spiro atoms. The molecule has 0 saturated heterocycles. The van der Waals surface area contributed by atoms with Gasteiger partial charge in [-0.2, -0.15) is 0 Å². The SMILES string of the molecule is CCCCCCCCCCCCCCCCCCCCOC(=O)CCCCCCCCC(=O)OCCCCCCCCCCCCCCCCCCCC.CCCCCCCCCCc1cccc(C(=O)O)c1C(=O)O. The Bertz CT molecular complexity index is 1370. The molecule has 1 rings (SSSR count). The molecule has 0 saturated carbocycles. The lowest BCUT2D eigenvalue weighted by Gasteiger charge is -2.09. The van der Waals surface area contributed by atoms with E-state index in [9.17, 15) is 24.3 Å². The van der Waals surface area contributed by atoms with Crippen molar-refractivity contribution in [2.24, 2.45) is 0 Å². The molecule has 8 heteroatoms. The van der Waals surface area contributed by atoms with Crippen molar-refractivity contribution in [3.8, 4) is 0 Å². The Kier molecular flexibility index (Phi) is 57.5. The summed E-state index contributed by atoms with van der Waals surface area (Å²) in [4.78, 5) is 46.5. The molecule has 0 atom stereocenters. The van der Waals surface area contributed by atoms with E-state index >= 15 is 0 Å². The van der Waals surface area contributed by atoms with Crippen molar-refractivity contribution in [1.82, 2.24) is 0 Å². The van der Waals surface area contributed by atoms with Gasteiger partial charge in [0.15, 0.2) is 0 Å². The Morgan fingerprint density at radius 2 is 0.566 bits per heavy atom. The summed E-state index contributed by atoms with van der Waals surface area (Å²) in [7, 11) is 0. The largest absolute Gasteiger partial charge is 0.478 e. The first kappa shape index (κ1) is 73.1. The molecule has 444 valence electrons. The zero-order valence-corrected chi connectivity index (χ0v) is 50.5. The van der Waals surface area contributed by atoms with Gasteiger partial charge in [-0.05, 0) is 50.2 Å². The van der Waals surface area contributed by atoms with Gasteiger partial charge in [0.05, 0.1) is 24.3 Å². The second kappa shape index (κ2) is 59.8. The van der Waals surface area contributed by atoms with Crippen molar-refractivity contribution in [3.63, 3.8) is 0 Å². The molecule has 0 aliphatic rings. The van der Waals surface area contributed by atoms with Crippen molar-refractivity contribution in [2.75, 3.05) is 13.2 Å². The molecular weight excluding hydrogens is 945 g/mol. The average molecular weight is 1070 g/mol. The molecule has 0 aliphatic carbocycles. The second-order valence-electron chi connectivity index (χ2n) is 22.8. The van der Waals surface area contributed by atoms with Gasteiger partial charge in [-0.25, -0.2) is 9.59 Å². The fourth-order valence-corrected chi connectivity index (χ4v) is 10.5. The molecular formula is C68H124O8. The Morgan fingerprint density at radius 1 is 0.316 bits per heavy atom. The Balaban J connectivity index is 0.00000211. The first-order chi connectivity index (χ1) is 37.3. The lowest BCUT2D eigenvalue weighted by atomic mass is 9.96. The van der Waals surface area contributed by atoms with Gasteiger partial charge in [0, 0.05) is 12.8 Å². The van der Waals surface area contributed by atoms with E-state index in [4.69, 9.17) is 14.6 Å². The van der Waals surface area contributed by atoms with Gasteiger partial charge in [-0.15, -0.1) is 0 Å². The van der Waals surface area contributed by atoms with Crippen molar-refractivity contribution in [1.29, 1.82) is 0 Å². The van der Waals surface area contributed by atoms with Crippen molar-refractivity contribution < 1.29 is 38.9 Å². The molecule has 0 bridgehead atoms. The Labute approximate surface area is 470 Å². The highest BCUT2D eigenvalue weighted by molar-refractivity contribution is 6.02. The van der Waals surface area contributed by atoms with Crippen LogP contribution in [0.3, 0.4) is 0 Å². The fourth-order valence-electron chi connectivity index (χ4n) is 10.5. The molecule has 0 radical (unpaired) electrons. The number of unbranched alkanes of at least 4 members (excludes halogenated alkanes) is 46. The smallest absolute Gasteiger partial charge is 0.336 e. The summed E-state index contributed by atoms with van der Waals surface area (Å²) in [6, 6.07) is 4.69. The number of carbonyl (C=O) groups excluding carboxylic acids is 2. The van der Waals surface area contributed by atoms with Crippen molar-refractivity contribution >= 4 is 23.9 Å². The molecule has 0 fully saturated rings. The average Bonchev–Trinajstić information content (AvgIpc) is 3.41. The molecule has 0 unspecified atom stereocenters. The Morgan fingerprint density at radius 3 is 0.829 bits per heavy atom. The summed E-state index contributed by atoms with van der Waals surface area (Å²) in [5.41, 5.74) is 0.445. The molecule has 0 amide bonds. The van der Waals surface area contributed by atoms with Gasteiger partial charge >= 0.3 is 23.9 Å². The molecule has 0 heterocycles. The van der Waals surface area contributed by atoms with Gasteiger partial charge in [0.25, 0.3) is 0 Å². The highest BCUT2D eigenvalue weighted by atomic mass is 16.5. The minimum atomic E-state index is -1.19. The first-order valence-corrected chi connectivity index (χ1v) is 33.2. The number of aryl methyl sites for hydroxylation is 1. The van der Waals surface area contributed by atoms with Crippen LogP contribution in [-0.4, -0.2) is 47.3 Å². The van der Waals surface area contributed by atoms with E-state index < -0.39 is 11.9 Å². The molecule has 2 N–H and O–H groups in total. The van der Waals surface area contributed by atoms with Crippen LogP contribution in [0.2, 0.25) is 0 Å². The van der Waals surface area contributed by atoms with Gasteiger partial charge in [-0.1, -0.05) is 322 Å². The van der Waals surface area contributed by atoms with Gasteiger partial charge in [-0.3, -0.25) is 9.59 Å². The quantitative estimate of drug-likeness (QED) is 0.0488. The predicted octanol–water partition coefficient (Wildman–Crippen LogP) is 22.0. The number of carbonyl (C=O) groups is 4. The Hall–Kier alpha value is -2.90. The highest BCUT2D eigenvalue weighted by Crippen LogP contribution is 2.21. The summed E-state index contributed by atoms with van der Waals surface area (Å²) in [6.07, 6.45) is 66.7. The predicted molar refractivity (Wildman–Crippen MR) is 323 cm³/mol. The van der Waals surface area contributed by atoms with Crippen LogP contribution in [0.4, 0.5) is 0 Å². The van der Waals surface area contributed by atoms with E-state index in [0.29, 0.717) is 38.0 Å². The molecule has 1 aromatic rings. The minimum absolute atomic E-state index is 0.0282. The number of rotatable bonds is 58. The van der Waals surface area contributed by atoms with Crippen molar-refractivity contribution in [2.45, 2.75) is 361 Å². The van der Waals surface area contributed by atoms with E-state index in [2.05, 4.69) is 20.8 Å². The third kappa shape index (κ3) is 51.8. The number of aromatic carboxylic acids is 2. The number of esters is 2. The number of hydrogen-bond donors (Lipinski definition) is 2. The summed E-state index contributed by atoms with van der Waals surface area (Å²) in [6.45, 7) is 7.96. The van der Waals surface area contributed by atoms with Crippen LogP contribution < -0.4 is 0 Å². The van der Waals surface area contributed by atoms with Crippen LogP contribution >= 0.6 is 0 Å². The summed E-state index contributed by atoms with van der Waals surface area (Å²) in [5, 5.41) is 18.3. The van der Waals surface area contributed by atoms with E-state index in [-0.39, 0.29) is 23.1 Å². The van der Waals surface area contributed by atoms with E-state index in [1.54, 1.807) is 12.1 Å². The number of ether oxygens (including phenoxy) is 2. The van der Waals surface area contributed by atoms with Gasteiger partial charge in [0.1, 0.15) is 0 Å². The maximum Gasteiger partial charge on any atom is 0.336 e. The van der Waals surface area contributed by atoms with E-state index in [1.165, 1.54) is 256 Å². The number of hydrogen-bond acceptors (Lipinski definition) is 6. The van der Waals surface area contributed by atoms with Crippen LogP contribution in [0, 0.1) is 0 Å². The molecule has 0 aromatic heterocycles. The van der Waals surface area contributed by atoms with Crippen LogP contribution in [-0.2, 0) is 25.5 Å². The lowest BCUT2D eigenvalue weighted by molar-refractivity contribution is -0.144. The molecule has 0 aliphatic heterocycles. The zero-order chi connectivity index (χ0) is 55.5. The van der Waals surface area contributed by atoms with Crippen LogP contribution in [0.5, 0.6) is 0 Å². The number of carboxylic acids is 2. The minimum Gasteiger partial charge on any atom is -0.478 e. The lowest BCUT2D eigenvalue weighted by Crippen LogP contribution is -2.11. The normalized spacial score (nSPS) is 11.1. The zero-order valence-electron chi connectivity index (χ0n) is 50.5. The van der Waals surface area contributed by atoms with E-state index in [0.717, 1.165) is 70.6 Å². The van der Waals surface area contributed by atoms with Crippen LogP contribution in [0.15, 0.2) is 18.2 Å². The van der Waals surface area contributed by atoms with Crippen molar-refractivity contribution in [3.05, 3.63) is 34.9 Å². The molecule has 1 aromatic carbocycles. The van der Waals surface area contributed by atoms with E-state index in [1.807, 2.05) is 0 Å². The monoisotopic (exact) mass is 1070 g/mol. The number of carboxylic acid groups (broad SMARTS) is 2. The standard InChI is InChI=1S/C50H98O4.C18H26O4/c1-3-5-7-9-11-13-15-17-19-21-23-25-27-29-31-35-39-43-47-53-49(51)45-41-37-33-34-38-42-46-50(52)54-48-44-40-36-32-30-28-26-24-22-20-18-16-14-12-10-8-6-4-2;1-2-3-4-5-6-7-8-9-11-14-12-10-13-15(17(19)20)16(14)18(21)22/h3-48H2,1-2H3;10,12-13H,2-9,11H2,1H3,(H,19,20)(H,21,22). The third-order valence-electron chi connectivity index (χ3n) is 15.4. The highest BCUT2D eigenvalue weighted by Gasteiger charge is 2.19. The summed E-state index contributed by atoms with van der Waals surface area (Å²) >= 11 is 0. The van der Waals surface area contributed by atoms with Crippen LogP contribution in [0.1, 0.15) is 381 Å². The fraction of sp³-hybridized carbons (Fsp3) is 0.853. The number of benzene rings is 1. The van der Waals surface area contributed by atoms with Gasteiger partial charge in [0.2, 0.25) is 0 Å². The summed E-state index contributed by atoms with van der Waals surface area (Å²) in [5.74, 6) is -2.40. The van der Waals surface area contributed by atoms with Gasteiger partial charge < -0.3 is 19.7 Å². The topological polar surface area (TPSA) is 127 Å². The summed E-state index contributed by atoms with van der Waals surface area (Å²) < 4.78 is 10.9. The second-order valence-corrected chi connectivity index (χ2v) is 22.8. The van der Waals surface area contributed by atoms with Crippen LogP contribution in [0.25, 0.3) is 0 Å². The maximum absolute atomic E-state index is 12.0. The molecule has 76 heavy (non-hydrogen) atoms.